The van der Waals surface area contributed by atoms with Gasteiger partial charge in [0.05, 0.1) is 34.6 Å². The van der Waals surface area contributed by atoms with Gasteiger partial charge in [-0.3, -0.25) is 4.31 Å². The Kier molecular flexibility index (Phi) is 3.26. The molecule has 3 aliphatic heterocycles. The van der Waals surface area contributed by atoms with E-state index in [0.29, 0.717) is 6.42 Å². The summed E-state index contributed by atoms with van der Waals surface area (Å²) in [5.74, 6) is -0.263. The average Bonchev–Trinajstić information content (AvgIpc) is 3.13. The molecule has 3 fully saturated rings. The second-order valence-electron chi connectivity index (χ2n) is 6.99. The molecule has 0 spiro atoms. The smallest absolute Gasteiger partial charge is 0.370 e. The van der Waals surface area contributed by atoms with Crippen LogP contribution in [0.1, 0.15) is 30.9 Å². The molecule has 2 bridgehead atoms. The van der Waals surface area contributed by atoms with E-state index in [9.17, 15) is 21.6 Å². The second kappa shape index (κ2) is 4.89. The molecule has 3 aliphatic rings. The average molecular weight is 372 g/mol. The molecule has 0 aromatic heterocycles. The summed E-state index contributed by atoms with van der Waals surface area (Å²) in [6, 6.07) is 4.54. The van der Waals surface area contributed by atoms with Crippen LogP contribution in [0.4, 0.5) is 18.9 Å². The number of sulfonamides is 1. The molecule has 134 valence electrons. The number of hydrogen-bond acceptors (Lipinski definition) is 4. The summed E-state index contributed by atoms with van der Waals surface area (Å²) in [5.41, 5.74) is -2.24. The number of benzene rings is 1. The Morgan fingerprint density at radius 2 is 2.12 bits per heavy atom. The van der Waals surface area contributed by atoms with Gasteiger partial charge in [0.25, 0.3) is 0 Å². The van der Waals surface area contributed by atoms with Crippen LogP contribution in [0.5, 0.6) is 0 Å². The highest BCUT2D eigenvalue weighted by molar-refractivity contribution is 7.93. The molecule has 0 radical (unpaired) electrons. The standard InChI is InChI=1S/C16H15F3N2O3S/c1-15-5-4-13(24-15)14-12(15)8-21(25(14,22)23)10-3-2-9(7-20)11(6-10)16(17,18)19/h2-3,6,12-14H,4-5,8H2,1H3/t12-,13+,14+,15-/m1/s1. The highest BCUT2D eigenvalue weighted by Crippen LogP contribution is 2.54. The lowest BCUT2D eigenvalue weighted by Crippen LogP contribution is -2.38. The molecular weight excluding hydrogens is 357 g/mol. The lowest BCUT2D eigenvalue weighted by molar-refractivity contribution is -0.137. The number of anilines is 1. The first-order valence-electron chi connectivity index (χ1n) is 7.89. The summed E-state index contributed by atoms with van der Waals surface area (Å²) in [4.78, 5) is 0. The van der Waals surface area contributed by atoms with Gasteiger partial charge in [-0.2, -0.15) is 18.4 Å². The van der Waals surface area contributed by atoms with Gasteiger partial charge in [-0.25, -0.2) is 8.42 Å². The maximum atomic E-state index is 13.2. The first kappa shape index (κ1) is 16.7. The molecule has 0 aliphatic carbocycles. The van der Waals surface area contributed by atoms with Crippen molar-refractivity contribution in [2.75, 3.05) is 10.8 Å². The van der Waals surface area contributed by atoms with E-state index < -0.39 is 44.3 Å². The van der Waals surface area contributed by atoms with Crippen LogP contribution in [0.15, 0.2) is 18.2 Å². The number of fused-ring (bicyclic) bond motifs is 5. The molecule has 0 saturated carbocycles. The van der Waals surface area contributed by atoms with E-state index in [-0.39, 0.29) is 18.2 Å². The fourth-order valence-corrected chi connectivity index (χ4v) is 6.83. The molecule has 0 N–H and O–H groups in total. The number of halogens is 3. The van der Waals surface area contributed by atoms with Gasteiger partial charge >= 0.3 is 6.18 Å². The first-order chi connectivity index (χ1) is 11.6. The van der Waals surface area contributed by atoms with E-state index in [2.05, 4.69) is 0 Å². The number of rotatable bonds is 1. The van der Waals surface area contributed by atoms with E-state index in [4.69, 9.17) is 10.00 Å². The maximum Gasteiger partial charge on any atom is 0.417 e. The molecule has 9 heteroatoms. The molecule has 1 aromatic rings. The summed E-state index contributed by atoms with van der Waals surface area (Å²) in [6.07, 6.45) is -3.73. The Labute approximate surface area is 143 Å². The maximum absolute atomic E-state index is 13.2. The lowest BCUT2D eigenvalue weighted by Gasteiger charge is -2.27. The van der Waals surface area contributed by atoms with Crippen molar-refractivity contribution in [3.05, 3.63) is 29.3 Å². The van der Waals surface area contributed by atoms with E-state index in [1.165, 1.54) is 12.1 Å². The normalized spacial score (nSPS) is 35.6. The fourth-order valence-electron chi connectivity index (χ4n) is 4.40. The van der Waals surface area contributed by atoms with Crippen molar-refractivity contribution in [3.63, 3.8) is 0 Å². The van der Waals surface area contributed by atoms with E-state index in [1.54, 1.807) is 0 Å². The van der Waals surface area contributed by atoms with Crippen LogP contribution in [0, 0.1) is 17.2 Å². The number of alkyl halides is 3. The van der Waals surface area contributed by atoms with Crippen molar-refractivity contribution in [2.24, 2.45) is 5.92 Å². The van der Waals surface area contributed by atoms with Gasteiger partial charge < -0.3 is 4.74 Å². The van der Waals surface area contributed by atoms with Crippen LogP contribution in [0.3, 0.4) is 0 Å². The molecular formula is C16H15F3N2O3S. The Morgan fingerprint density at radius 3 is 2.72 bits per heavy atom. The summed E-state index contributed by atoms with van der Waals surface area (Å²) in [5, 5.41) is 8.17. The molecule has 5 nitrogen and oxygen atoms in total. The molecule has 3 heterocycles. The van der Waals surface area contributed by atoms with Crippen molar-refractivity contribution in [1.29, 1.82) is 5.26 Å². The van der Waals surface area contributed by atoms with Crippen LogP contribution >= 0.6 is 0 Å². The van der Waals surface area contributed by atoms with Gasteiger partial charge in [-0.05, 0) is 38.0 Å². The van der Waals surface area contributed by atoms with E-state index in [1.807, 2.05) is 6.92 Å². The Balaban J connectivity index is 1.78. The summed E-state index contributed by atoms with van der Waals surface area (Å²) >= 11 is 0. The minimum Gasteiger partial charge on any atom is -0.370 e. The number of hydrogen-bond donors (Lipinski definition) is 0. The zero-order valence-corrected chi connectivity index (χ0v) is 14.1. The molecule has 25 heavy (non-hydrogen) atoms. The van der Waals surface area contributed by atoms with Crippen LogP contribution in [0.25, 0.3) is 0 Å². The van der Waals surface area contributed by atoms with Gasteiger partial charge in [0.15, 0.2) is 0 Å². The zero-order chi connectivity index (χ0) is 18.2. The van der Waals surface area contributed by atoms with Crippen LogP contribution in [-0.4, -0.2) is 31.9 Å². The van der Waals surface area contributed by atoms with Crippen molar-refractivity contribution < 1.29 is 26.3 Å². The minimum atomic E-state index is -4.73. The minimum absolute atomic E-state index is 0.0521. The third kappa shape index (κ3) is 2.20. The second-order valence-corrected chi connectivity index (χ2v) is 9.01. The molecule has 0 amide bonds. The predicted octanol–water partition coefficient (Wildman–Crippen LogP) is 2.66. The van der Waals surface area contributed by atoms with Crippen molar-refractivity contribution in [2.45, 2.75) is 42.9 Å². The van der Waals surface area contributed by atoms with Crippen LogP contribution in [-0.2, 0) is 20.9 Å². The van der Waals surface area contributed by atoms with Gasteiger partial charge in [-0.15, -0.1) is 0 Å². The summed E-state index contributed by atoms with van der Waals surface area (Å²) < 4.78 is 72.3. The molecule has 3 saturated heterocycles. The van der Waals surface area contributed by atoms with Crippen LogP contribution in [0.2, 0.25) is 0 Å². The van der Waals surface area contributed by atoms with Gasteiger partial charge in [0, 0.05) is 12.5 Å². The highest BCUT2D eigenvalue weighted by atomic mass is 32.2. The Hall–Kier alpha value is -1.79. The van der Waals surface area contributed by atoms with Crippen molar-refractivity contribution in [3.8, 4) is 6.07 Å². The van der Waals surface area contributed by atoms with E-state index >= 15 is 0 Å². The zero-order valence-electron chi connectivity index (χ0n) is 13.2. The molecule has 4 rings (SSSR count). The van der Waals surface area contributed by atoms with Crippen LogP contribution < -0.4 is 4.31 Å². The van der Waals surface area contributed by atoms with E-state index in [0.717, 1.165) is 22.9 Å². The van der Waals surface area contributed by atoms with Gasteiger partial charge in [0.2, 0.25) is 10.0 Å². The van der Waals surface area contributed by atoms with Gasteiger partial charge in [-0.1, -0.05) is 0 Å². The largest absolute Gasteiger partial charge is 0.417 e. The first-order valence-corrected chi connectivity index (χ1v) is 9.39. The third-order valence-corrected chi connectivity index (χ3v) is 7.92. The Bertz CT molecular complexity index is 893. The van der Waals surface area contributed by atoms with Gasteiger partial charge in [0.1, 0.15) is 5.25 Å². The molecule has 1 aromatic carbocycles. The number of nitriles is 1. The van der Waals surface area contributed by atoms with Crippen molar-refractivity contribution >= 4 is 15.7 Å². The number of nitrogens with zero attached hydrogens (tertiary/aromatic N) is 2. The highest BCUT2D eigenvalue weighted by Gasteiger charge is 2.66. The topological polar surface area (TPSA) is 70.4 Å². The summed E-state index contributed by atoms with van der Waals surface area (Å²) in [6.45, 7) is 1.97. The lowest BCUT2D eigenvalue weighted by atomic mass is 9.79. The quantitative estimate of drug-likeness (QED) is 0.760. The Morgan fingerprint density at radius 1 is 1.40 bits per heavy atom. The SMILES string of the molecule is C[C@]12CC[C@H](O1)[C@@H]1[C@H]2CN(c2ccc(C#N)c(C(F)(F)F)c2)S1(=O)=O. The molecule has 4 atom stereocenters. The predicted molar refractivity (Wildman–Crippen MR) is 82.2 cm³/mol. The number of ether oxygens (including phenoxy) is 1. The monoisotopic (exact) mass is 372 g/mol. The molecule has 0 unspecified atom stereocenters. The van der Waals surface area contributed by atoms with Crippen molar-refractivity contribution in [1.82, 2.24) is 0 Å². The third-order valence-electron chi connectivity index (χ3n) is 5.62. The summed E-state index contributed by atoms with van der Waals surface area (Å²) in [7, 11) is -3.81. The fraction of sp³-hybridized carbons (Fsp3) is 0.562.